The number of aromatic amines is 1. The van der Waals surface area contributed by atoms with Gasteiger partial charge in [-0.2, -0.15) is 0 Å². The van der Waals surface area contributed by atoms with Crippen LogP contribution in [0, 0.1) is 0 Å². The monoisotopic (exact) mass is 223 g/mol. The summed E-state index contributed by atoms with van der Waals surface area (Å²) in [7, 11) is 0. The summed E-state index contributed by atoms with van der Waals surface area (Å²) in [5.74, 6) is -1.35. The zero-order valence-electron chi connectivity index (χ0n) is 8.12. The normalized spacial score (nSPS) is 12.9. The molecule has 0 saturated heterocycles. The van der Waals surface area contributed by atoms with E-state index in [0.29, 0.717) is 5.02 Å². The molecule has 2 N–H and O–H groups in total. The zero-order valence-corrected chi connectivity index (χ0v) is 8.88. The van der Waals surface area contributed by atoms with E-state index in [2.05, 4.69) is 4.98 Å². The van der Waals surface area contributed by atoms with Crippen molar-refractivity contribution >= 4 is 28.5 Å². The van der Waals surface area contributed by atoms with Gasteiger partial charge in [-0.25, -0.2) is 0 Å². The summed E-state index contributed by atoms with van der Waals surface area (Å²) >= 11 is 5.95. The Kier molecular flexibility index (Phi) is 2.40. The third kappa shape index (κ3) is 1.70. The molecule has 1 aromatic heterocycles. The van der Waals surface area contributed by atoms with Gasteiger partial charge >= 0.3 is 5.97 Å². The van der Waals surface area contributed by atoms with Crippen LogP contribution in [0.4, 0.5) is 0 Å². The molecule has 1 aromatic carbocycles. The molecule has 3 nitrogen and oxygen atoms in total. The second-order valence-electron chi connectivity index (χ2n) is 3.50. The molecular formula is C11H10ClNO2. The Labute approximate surface area is 91.7 Å². The van der Waals surface area contributed by atoms with Crippen LogP contribution in [0.5, 0.6) is 0 Å². The molecule has 0 aliphatic heterocycles. The van der Waals surface area contributed by atoms with Crippen LogP contribution in [0.15, 0.2) is 24.4 Å². The number of fused-ring (bicyclic) bond motifs is 1. The fourth-order valence-corrected chi connectivity index (χ4v) is 1.73. The van der Waals surface area contributed by atoms with E-state index in [-0.39, 0.29) is 0 Å². The Morgan fingerprint density at radius 1 is 1.53 bits per heavy atom. The summed E-state index contributed by atoms with van der Waals surface area (Å²) in [4.78, 5) is 13.8. The second kappa shape index (κ2) is 3.59. The molecule has 0 amide bonds. The van der Waals surface area contributed by atoms with Crippen LogP contribution in [0.1, 0.15) is 18.4 Å². The zero-order chi connectivity index (χ0) is 11.0. The number of hydrogen-bond donors (Lipinski definition) is 2. The predicted molar refractivity (Wildman–Crippen MR) is 59.4 cm³/mol. The number of aromatic nitrogens is 1. The molecule has 0 aliphatic carbocycles. The van der Waals surface area contributed by atoms with Gasteiger partial charge in [0.1, 0.15) is 0 Å². The lowest BCUT2D eigenvalue weighted by molar-refractivity contribution is -0.138. The number of hydrogen-bond acceptors (Lipinski definition) is 1. The average Bonchev–Trinajstić information content (AvgIpc) is 2.59. The highest BCUT2D eigenvalue weighted by atomic mass is 35.5. The Hall–Kier alpha value is -1.48. The molecule has 0 saturated carbocycles. The molecule has 2 rings (SSSR count). The van der Waals surface area contributed by atoms with Crippen LogP contribution in [0.3, 0.4) is 0 Å². The maximum absolute atomic E-state index is 10.8. The van der Waals surface area contributed by atoms with Gasteiger partial charge < -0.3 is 10.1 Å². The summed E-state index contributed by atoms with van der Waals surface area (Å²) in [6.45, 7) is 1.66. The van der Waals surface area contributed by atoms with Crippen molar-refractivity contribution < 1.29 is 9.90 Å². The number of carbonyl (C=O) groups is 1. The highest BCUT2D eigenvalue weighted by molar-refractivity contribution is 6.35. The fourth-order valence-electron chi connectivity index (χ4n) is 1.52. The molecule has 0 bridgehead atoms. The molecule has 1 heterocycles. The van der Waals surface area contributed by atoms with E-state index in [1.165, 1.54) is 0 Å². The van der Waals surface area contributed by atoms with Crippen molar-refractivity contribution in [2.24, 2.45) is 0 Å². The first kappa shape index (κ1) is 10.1. The number of nitrogens with one attached hydrogen (secondary N) is 1. The minimum Gasteiger partial charge on any atom is -0.481 e. The molecule has 0 radical (unpaired) electrons. The van der Waals surface area contributed by atoms with Crippen molar-refractivity contribution in [1.29, 1.82) is 0 Å². The van der Waals surface area contributed by atoms with E-state index in [1.807, 2.05) is 12.1 Å². The van der Waals surface area contributed by atoms with Crippen LogP contribution in [0.25, 0.3) is 10.9 Å². The highest BCUT2D eigenvalue weighted by Crippen LogP contribution is 2.26. The predicted octanol–water partition coefficient (Wildman–Crippen LogP) is 3.01. The lowest BCUT2D eigenvalue weighted by Gasteiger charge is -2.06. The topological polar surface area (TPSA) is 53.1 Å². The molecule has 0 spiro atoms. The van der Waals surface area contributed by atoms with Crippen molar-refractivity contribution in [3.63, 3.8) is 0 Å². The van der Waals surface area contributed by atoms with Crippen molar-refractivity contribution in [2.75, 3.05) is 0 Å². The van der Waals surface area contributed by atoms with Gasteiger partial charge in [-0.15, -0.1) is 0 Å². The Balaban J connectivity index is 2.54. The van der Waals surface area contributed by atoms with Crippen molar-refractivity contribution in [3.05, 3.63) is 35.0 Å². The molecular weight excluding hydrogens is 214 g/mol. The Morgan fingerprint density at radius 2 is 2.27 bits per heavy atom. The third-order valence-electron chi connectivity index (χ3n) is 2.53. The molecule has 1 unspecified atom stereocenters. The van der Waals surface area contributed by atoms with Gasteiger partial charge in [0.05, 0.1) is 10.9 Å². The minimum atomic E-state index is -0.832. The van der Waals surface area contributed by atoms with Crippen molar-refractivity contribution in [1.82, 2.24) is 4.98 Å². The lowest BCUT2D eigenvalue weighted by atomic mass is 10.0. The van der Waals surface area contributed by atoms with Crippen LogP contribution >= 0.6 is 11.6 Å². The summed E-state index contributed by atoms with van der Waals surface area (Å²) in [5.41, 5.74) is 1.68. The number of benzene rings is 1. The van der Waals surface area contributed by atoms with E-state index < -0.39 is 11.9 Å². The highest BCUT2D eigenvalue weighted by Gasteiger charge is 2.14. The van der Waals surface area contributed by atoms with Crippen LogP contribution in [0.2, 0.25) is 5.02 Å². The Morgan fingerprint density at radius 3 is 2.93 bits per heavy atom. The van der Waals surface area contributed by atoms with Gasteiger partial charge in [-0.1, -0.05) is 17.7 Å². The van der Waals surface area contributed by atoms with Gasteiger partial charge in [-0.05, 0) is 24.6 Å². The summed E-state index contributed by atoms with van der Waals surface area (Å²) < 4.78 is 0. The first-order valence-corrected chi connectivity index (χ1v) is 4.96. The van der Waals surface area contributed by atoms with Crippen LogP contribution in [-0.2, 0) is 4.79 Å². The van der Waals surface area contributed by atoms with E-state index in [9.17, 15) is 4.79 Å². The van der Waals surface area contributed by atoms with E-state index in [1.54, 1.807) is 19.2 Å². The molecule has 15 heavy (non-hydrogen) atoms. The molecule has 0 fully saturated rings. The largest absolute Gasteiger partial charge is 0.481 e. The number of carboxylic acid groups (broad SMARTS) is 1. The summed E-state index contributed by atoms with van der Waals surface area (Å²) in [6.07, 6.45) is 1.70. The number of carboxylic acids is 1. The van der Waals surface area contributed by atoms with Crippen LogP contribution < -0.4 is 0 Å². The van der Waals surface area contributed by atoms with E-state index in [0.717, 1.165) is 16.5 Å². The standard InChI is InChI=1S/C11H10ClNO2/c1-6(11(14)15)7-2-3-10-8(4-7)9(12)5-13-10/h2-6,13H,1H3,(H,14,15). The van der Waals surface area contributed by atoms with Gasteiger partial charge in [0, 0.05) is 17.1 Å². The third-order valence-corrected chi connectivity index (χ3v) is 2.84. The Bertz CT molecular complexity index is 518. The van der Waals surface area contributed by atoms with Crippen molar-refractivity contribution in [2.45, 2.75) is 12.8 Å². The lowest BCUT2D eigenvalue weighted by Crippen LogP contribution is -2.06. The van der Waals surface area contributed by atoms with Gasteiger partial charge in [0.2, 0.25) is 0 Å². The first-order chi connectivity index (χ1) is 7.09. The number of H-pyrrole nitrogens is 1. The smallest absolute Gasteiger partial charge is 0.310 e. The molecule has 78 valence electrons. The second-order valence-corrected chi connectivity index (χ2v) is 3.91. The molecule has 0 aliphatic rings. The summed E-state index contributed by atoms with van der Waals surface area (Å²) in [6, 6.07) is 5.46. The number of halogens is 1. The quantitative estimate of drug-likeness (QED) is 0.822. The van der Waals surface area contributed by atoms with Gasteiger partial charge in [0.15, 0.2) is 0 Å². The SMILES string of the molecule is CC(C(=O)O)c1ccc2[nH]cc(Cl)c2c1. The number of rotatable bonds is 2. The fraction of sp³-hybridized carbons (Fsp3) is 0.182. The molecule has 1 atom stereocenters. The summed E-state index contributed by atoms with van der Waals surface area (Å²) in [5, 5.41) is 10.4. The maximum atomic E-state index is 10.8. The van der Waals surface area contributed by atoms with Crippen molar-refractivity contribution in [3.8, 4) is 0 Å². The minimum absolute atomic E-state index is 0.514. The maximum Gasteiger partial charge on any atom is 0.310 e. The van der Waals surface area contributed by atoms with E-state index >= 15 is 0 Å². The van der Waals surface area contributed by atoms with Gasteiger partial charge in [-0.3, -0.25) is 4.79 Å². The molecule has 4 heteroatoms. The number of aliphatic carboxylic acids is 1. The van der Waals surface area contributed by atoms with Gasteiger partial charge in [0.25, 0.3) is 0 Å². The first-order valence-electron chi connectivity index (χ1n) is 4.59. The van der Waals surface area contributed by atoms with E-state index in [4.69, 9.17) is 16.7 Å². The average molecular weight is 224 g/mol. The molecule has 2 aromatic rings. The van der Waals surface area contributed by atoms with Crippen LogP contribution in [-0.4, -0.2) is 16.1 Å².